The van der Waals surface area contributed by atoms with E-state index >= 15 is 0 Å². The van der Waals surface area contributed by atoms with Gasteiger partial charge in [-0.15, -0.1) is 0 Å². The summed E-state index contributed by atoms with van der Waals surface area (Å²) in [5, 5.41) is 0. The van der Waals surface area contributed by atoms with Crippen molar-refractivity contribution < 1.29 is 19.1 Å². The molecule has 0 spiro atoms. The zero-order valence-electron chi connectivity index (χ0n) is 16.6. The number of ether oxygens (including phenoxy) is 1. The maximum Gasteiger partial charge on any atom is 0.303 e. The molecule has 0 N–H and O–H groups in total. The molecule has 2 fully saturated rings. The lowest BCUT2D eigenvalue weighted by Gasteiger charge is -2.55. The number of hydrogen-bond donors (Lipinski definition) is 0. The van der Waals surface area contributed by atoms with Gasteiger partial charge in [0.1, 0.15) is 6.61 Å². The Bertz CT molecular complexity index is 747. The van der Waals surface area contributed by atoms with Crippen LogP contribution in [0.4, 0.5) is 0 Å². The SMILES string of the molecule is CC(=O)OCC(=O)[C@H]1CC[C@H]2[C@@H]3C=CC4=CC(=O)CC[C@]4(C)[C@H]3CC[C@]12C. The van der Waals surface area contributed by atoms with Crippen molar-refractivity contribution >= 4 is 17.5 Å². The van der Waals surface area contributed by atoms with Gasteiger partial charge in [-0.25, -0.2) is 0 Å². The molecule has 0 aromatic rings. The van der Waals surface area contributed by atoms with Crippen molar-refractivity contribution in [3.8, 4) is 0 Å². The molecule has 0 heterocycles. The van der Waals surface area contributed by atoms with Crippen molar-refractivity contribution in [2.24, 2.45) is 34.5 Å². The molecular weight excluding hydrogens is 340 g/mol. The second-order valence-corrected chi connectivity index (χ2v) is 9.55. The third-order valence-corrected chi connectivity index (χ3v) is 8.32. The number of ketones is 2. The van der Waals surface area contributed by atoms with E-state index in [4.69, 9.17) is 4.74 Å². The average molecular weight is 370 g/mol. The van der Waals surface area contributed by atoms with Crippen molar-refractivity contribution in [2.75, 3.05) is 6.61 Å². The zero-order chi connectivity index (χ0) is 19.4. The zero-order valence-corrected chi connectivity index (χ0v) is 16.6. The molecular formula is C23H30O4. The minimum absolute atomic E-state index is 0.00567. The molecule has 0 amide bonds. The van der Waals surface area contributed by atoms with E-state index in [1.807, 2.05) is 6.08 Å². The monoisotopic (exact) mass is 370 g/mol. The Hall–Kier alpha value is -1.71. The van der Waals surface area contributed by atoms with E-state index in [2.05, 4.69) is 26.0 Å². The fraction of sp³-hybridized carbons (Fsp3) is 0.696. The maximum absolute atomic E-state index is 12.8. The van der Waals surface area contributed by atoms with E-state index in [0.717, 1.165) is 32.1 Å². The Morgan fingerprint density at radius 2 is 1.93 bits per heavy atom. The minimum Gasteiger partial charge on any atom is -0.458 e. The van der Waals surface area contributed by atoms with Crippen LogP contribution in [0.2, 0.25) is 0 Å². The van der Waals surface area contributed by atoms with Crippen LogP contribution in [0.25, 0.3) is 0 Å². The highest BCUT2D eigenvalue weighted by Gasteiger charge is 2.59. The molecule has 6 atom stereocenters. The molecule has 0 radical (unpaired) electrons. The van der Waals surface area contributed by atoms with Crippen molar-refractivity contribution in [3.63, 3.8) is 0 Å². The van der Waals surface area contributed by atoms with Crippen LogP contribution in [-0.2, 0) is 19.1 Å². The third kappa shape index (κ3) is 2.83. The summed E-state index contributed by atoms with van der Waals surface area (Å²) in [6.07, 6.45) is 12.1. The second-order valence-electron chi connectivity index (χ2n) is 9.55. The topological polar surface area (TPSA) is 60.4 Å². The quantitative estimate of drug-likeness (QED) is 0.704. The normalized spacial score (nSPS) is 42.6. The van der Waals surface area contributed by atoms with Gasteiger partial charge in [0.05, 0.1) is 0 Å². The lowest BCUT2D eigenvalue weighted by atomic mass is 9.48. The van der Waals surface area contributed by atoms with Gasteiger partial charge in [-0.3, -0.25) is 14.4 Å². The highest BCUT2D eigenvalue weighted by Crippen LogP contribution is 2.65. The molecule has 146 valence electrons. The van der Waals surface area contributed by atoms with Crippen LogP contribution >= 0.6 is 0 Å². The number of carbonyl (C=O) groups is 3. The first-order valence-corrected chi connectivity index (χ1v) is 10.3. The molecule has 4 rings (SSSR count). The Morgan fingerprint density at radius 1 is 1.15 bits per heavy atom. The first-order valence-electron chi connectivity index (χ1n) is 10.3. The molecule has 27 heavy (non-hydrogen) atoms. The average Bonchev–Trinajstić information content (AvgIpc) is 2.97. The Kier molecular flexibility index (Phi) is 4.44. The lowest BCUT2D eigenvalue weighted by molar-refractivity contribution is -0.148. The number of rotatable bonds is 3. The molecule has 0 aromatic carbocycles. The largest absolute Gasteiger partial charge is 0.458 e. The highest BCUT2D eigenvalue weighted by molar-refractivity contribution is 5.92. The molecule has 4 heteroatoms. The van der Waals surface area contributed by atoms with E-state index in [0.29, 0.717) is 24.2 Å². The first-order chi connectivity index (χ1) is 12.8. The van der Waals surface area contributed by atoms with E-state index in [1.165, 1.54) is 12.5 Å². The Labute approximate surface area is 161 Å². The number of allylic oxidation sites excluding steroid dienone is 4. The molecule has 4 aliphatic rings. The molecule has 4 nitrogen and oxygen atoms in total. The van der Waals surface area contributed by atoms with Crippen LogP contribution in [0.5, 0.6) is 0 Å². The van der Waals surface area contributed by atoms with Crippen LogP contribution in [0.3, 0.4) is 0 Å². The summed E-state index contributed by atoms with van der Waals surface area (Å²) in [6, 6.07) is 0. The summed E-state index contributed by atoms with van der Waals surface area (Å²) >= 11 is 0. The molecule has 2 saturated carbocycles. The molecule has 0 saturated heterocycles. The minimum atomic E-state index is -0.388. The van der Waals surface area contributed by atoms with Crippen LogP contribution in [0, 0.1) is 34.5 Å². The van der Waals surface area contributed by atoms with E-state index in [1.54, 1.807) is 0 Å². The van der Waals surface area contributed by atoms with Gasteiger partial charge in [-0.05, 0) is 72.3 Å². The van der Waals surface area contributed by atoms with E-state index in [-0.39, 0.29) is 40.9 Å². The molecule has 4 aliphatic carbocycles. The van der Waals surface area contributed by atoms with Gasteiger partial charge >= 0.3 is 5.97 Å². The standard InChI is InChI=1S/C23H30O4/c1-14(24)27-13-21(26)20-7-6-18-17-5-4-15-12-16(25)8-10-22(15,2)19(17)9-11-23(18,20)3/h4-5,12,17-20H,6-11,13H2,1-3H3/t17-,18-,19-,20+,22-,23-/m0/s1. The maximum atomic E-state index is 12.8. The number of carbonyl (C=O) groups excluding carboxylic acids is 3. The van der Waals surface area contributed by atoms with E-state index in [9.17, 15) is 14.4 Å². The molecule has 0 unspecified atom stereocenters. The van der Waals surface area contributed by atoms with Crippen molar-refractivity contribution in [1.29, 1.82) is 0 Å². The first kappa shape index (κ1) is 18.6. The molecule has 0 bridgehead atoms. The predicted octanol–water partition coefficient (Wildman–Crippen LogP) is 4.04. The highest BCUT2D eigenvalue weighted by atomic mass is 16.5. The number of hydrogen-bond acceptors (Lipinski definition) is 4. The van der Waals surface area contributed by atoms with Gasteiger partial charge in [0.2, 0.25) is 0 Å². The summed E-state index contributed by atoms with van der Waals surface area (Å²) in [7, 11) is 0. The van der Waals surface area contributed by atoms with Crippen molar-refractivity contribution in [1.82, 2.24) is 0 Å². The van der Waals surface area contributed by atoms with Crippen molar-refractivity contribution in [2.45, 2.75) is 59.3 Å². The van der Waals surface area contributed by atoms with Crippen LogP contribution < -0.4 is 0 Å². The van der Waals surface area contributed by atoms with Gasteiger partial charge in [0, 0.05) is 19.3 Å². The van der Waals surface area contributed by atoms with E-state index < -0.39 is 0 Å². The van der Waals surface area contributed by atoms with Gasteiger partial charge in [0.15, 0.2) is 11.6 Å². The number of Topliss-reactive ketones (excluding diaryl/α,β-unsaturated/α-hetero) is 1. The Morgan fingerprint density at radius 3 is 2.67 bits per heavy atom. The predicted molar refractivity (Wildman–Crippen MR) is 102 cm³/mol. The third-order valence-electron chi connectivity index (χ3n) is 8.32. The van der Waals surface area contributed by atoms with Gasteiger partial charge in [-0.1, -0.05) is 26.0 Å². The number of esters is 1. The van der Waals surface area contributed by atoms with Gasteiger partial charge in [-0.2, -0.15) is 0 Å². The van der Waals surface area contributed by atoms with Gasteiger partial charge < -0.3 is 4.74 Å². The molecule has 0 aromatic heterocycles. The lowest BCUT2D eigenvalue weighted by Crippen LogP contribution is -2.49. The summed E-state index contributed by atoms with van der Waals surface area (Å²) in [4.78, 5) is 35.7. The molecule has 0 aliphatic heterocycles. The van der Waals surface area contributed by atoms with Crippen molar-refractivity contribution in [3.05, 3.63) is 23.8 Å². The fourth-order valence-corrected chi connectivity index (χ4v) is 6.80. The summed E-state index contributed by atoms with van der Waals surface area (Å²) in [5.41, 5.74) is 1.29. The summed E-state index contributed by atoms with van der Waals surface area (Å²) < 4.78 is 5.00. The smallest absolute Gasteiger partial charge is 0.303 e. The van der Waals surface area contributed by atoms with Crippen LogP contribution in [0.1, 0.15) is 59.3 Å². The van der Waals surface area contributed by atoms with Gasteiger partial charge in [0.25, 0.3) is 0 Å². The Balaban J connectivity index is 1.59. The van der Waals surface area contributed by atoms with Crippen LogP contribution in [0.15, 0.2) is 23.8 Å². The summed E-state index contributed by atoms with van der Waals surface area (Å²) in [6.45, 7) is 5.89. The van der Waals surface area contributed by atoms with Crippen LogP contribution in [-0.4, -0.2) is 24.1 Å². The fourth-order valence-electron chi connectivity index (χ4n) is 6.80. The number of fused-ring (bicyclic) bond motifs is 5. The second kappa shape index (κ2) is 6.42. The summed E-state index contributed by atoms with van der Waals surface area (Å²) in [5.74, 6) is 1.48.